The number of amides is 1. The van der Waals surface area contributed by atoms with Gasteiger partial charge in [0.1, 0.15) is 11.6 Å². The number of carbonyl (C=O) groups excluding carboxylic acids is 1. The lowest BCUT2D eigenvalue weighted by Gasteiger charge is -2.13. The van der Waals surface area contributed by atoms with Crippen molar-refractivity contribution in [3.63, 3.8) is 0 Å². The van der Waals surface area contributed by atoms with E-state index in [9.17, 15) is 9.18 Å². The Labute approximate surface area is 182 Å². The first-order valence-electron chi connectivity index (χ1n) is 8.65. The Kier molecular flexibility index (Phi) is 10.3. The highest BCUT2D eigenvalue weighted by Gasteiger charge is 2.06. The molecule has 6 nitrogen and oxygen atoms in total. The van der Waals surface area contributed by atoms with E-state index in [1.807, 2.05) is 19.1 Å². The molecule has 0 fully saturated rings. The molecule has 2 aromatic rings. The molecule has 0 saturated carbocycles. The average molecular weight is 500 g/mol. The fraction of sp³-hybridized carbons (Fsp3) is 0.300. The molecule has 0 heterocycles. The summed E-state index contributed by atoms with van der Waals surface area (Å²) in [4.78, 5) is 16.1. The number of ether oxygens (including phenoxy) is 1. The molecule has 0 radical (unpaired) electrons. The van der Waals surface area contributed by atoms with Crippen LogP contribution in [0.5, 0.6) is 5.75 Å². The number of methoxy groups -OCH3 is 1. The van der Waals surface area contributed by atoms with Crippen molar-refractivity contribution in [2.45, 2.75) is 13.3 Å². The van der Waals surface area contributed by atoms with E-state index in [1.54, 1.807) is 26.3 Å². The van der Waals surface area contributed by atoms with Gasteiger partial charge in [-0.05, 0) is 43.2 Å². The third kappa shape index (κ3) is 7.71. The van der Waals surface area contributed by atoms with Gasteiger partial charge in [-0.15, -0.1) is 24.0 Å². The van der Waals surface area contributed by atoms with Crippen LogP contribution >= 0.6 is 24.0 Å². The number of benzene rings is 2. The Morgan fingerprint density at radius 2 is 1.96 bits per heavy atom. The van der Waals surface area contributed by atoms with Crippen LogP contribution in [0.3, 0.4) is 0 Å². The fourth-order valence-electron chi connectivity index (χ4n) is 2.57. The van der Waals surface area contributed by atoms with Gasteiger partial charge < -0.3 is 20.7 Å². The summed E-state index contributed by atoms with van der Waals surface area (Å²) in [5, 5.41) is 8.72. The Hall–Kier alpha value is -2.36. The van der Waals surface area contributed by atoms with Gasteiger partial charge in [0.15, 0.2) is 5.96 Å². The first-order chi connectivity index (χ1) is 13.0. The van der Waals surface area contributed by atoms with Crippen molar-refractivity contribution in [2.24, 2.45) is 4.99 Å². The Balaban J connectivity index is 0.00000392. The third-order valence-electron chi connectivity index (χ3n) is 3.87. The second-order valence-electron chi connectivity index (χ2n) is 5.98. The summed E-state index contributed by atoms with van der Waals surface area (Å²) in [6.45, 7) is 2.68. The molecular weight excluding hydrogens is 474 g/mol. The van der Waals surface area contributed by atoms with Crippen molar-refractivity contribution < 1.29 is 13.9 Å². The van der Waals surface area contributed by atoms with Gasteiger partial charge in [-0.3, -0.25) is 9.79 Å². The minimum Gasteiger partial charge on any atom is -0.496 e. The number of carbonyl (C=O) groups is 1. The largest absolute Gasteiger partial charge is 0.496 e. The van der Waals surface area contributed by atoms with Crippen molar-refractivity contribution in [3.8, 4) is 5.75 Å². The van der Waals surface area contributed by atoms with E-state index in [4.69, 9.17) is 4.74 Å². The average Bonchev–Trinajstić information content (AvgIpc) is 2.64. The second kappa shape index (κ2) is 12.2. The quantitative estimate of drug-likeness (QED) is 0.311. The lowest BCUT2D eigenvalue weighted by molar-refractivity contribution is -0.115. The van der Waals surface area contributed by atoms with E-state index >= 15 is 0 Å². The minimum absolute atomic E-state index is 0. The number of guanidine groups is 1. The van der Waals surface area contributed by atoms with Crippen LogP contribution in [-0.2, 0) is 11.2 Å². The van der Waals surface area contributed by atoms with Gasteiger partial charge in [0, 0.05) is 19.3 Å². The van der Waals surface area contributed by atoms with Crippen LogP contribution in [-0.4, -0.2) is 39.1 Å². The lowest BCUT2D eigenvalue weighted by atomic mass is 10.1. The molecular formula is C20H26FIN4O2. The molecule has 0 saturated heterocycles. The van der Waals surface area contributed by atoms with E-state index in [2.05, 4.69) is 27.0 Å². The molecule has 1 amide bonds. The van der Waals surface area contributed by atoms with Crippen molar-refractivity contribution >= 4 is 41.5 Å². The summed E-state index contributed by atoms with van der Waals surface area (Å²) in [5.74, 6) is 0.671. The highest BCUT2D eigenvalue weighted by atomic mass is 127. The molecule has 2 aromatic carbocycles. The molecule has 0 aliphatic heterocycles. The van der Waals surface area contributed by atoms with Gasteiger partial charge in [-0.25, -0.2) is 4.39 Å². The molecule has 3 N–H and O–H groups in total. The molecule has 2 rings (SSSR count). The smallest absolute Gasteiger partial charge is 0.243 e. The minimum atomic E-state index is -0.398. The van der Waals surface area contributed by atoms with Crippen molar-refractivity contribution in [3.05, 3.63) is 59.4 Å². The zero-order chi connectivity index (χ0) is 19.6. The van der Waals surface area contributed by atoms with Gasteiger partial charge in [-0.2, -0.15) is 0 Å². The summed E-state index contributed by atoms with van der Waals surface area (Å²) < 4.78 is 18.5. The number of halogens is 2. The van der Waals surface area contributed by atoms with Crippen LogP contribution in [0.4, 0.5) is 10.1 Å². The van der Waals surface area contributed by atoms with Crippen LogP contribution in [0, 0.1) is 12.7 Å². The number of hydrogen-bond acceptors (Lipinski definition) is 3. The van der Waals surface area contributed by atoms with Crippen LogP contribution in [0.1, 0.15) is 11.1 Å². The van der Waals surface area contributed by atoms with Crippen molar-refractivity contribution in [1.82, 2.24) is 10.6 Å². The van der Waals surface area contributed by atoms with Crippen molar-refractivity contribution in [1.29, 1.82) is 0 Å². The summed E-state index contributed by atoms with van der Waals surface area (Å²) in [7, 11) is 3.28. The SMILES string of the molecule is CN=C(NCCc1cc(C)ccc1OC)NCC(=O)Nc1cccc(F)c1.I. The molecule has 8 heteroatoms. The second-order valence-corrected chi connectivity index (χ2v) is 5.98. The van der Waals surface area contributed by atoms with Gasteiger partial charge in [0.2, 0.25) is 5.91 Å². The Bertz CT molecular complexity index is 815. The van der Waals surface area contributed by atoms with E-state index in [1.165, 1.54) is 17.7 Å². The van der Waals surface area contributed by atoms with Gasteiger partial charge in [-0.1, -0.05) is 23.8 Å². The van der Waals surface area contributed by atoms with Crippen molar-refractivity contribution in [2.75, 3.05) is 32.6 Å². The van der Waals surface area contributed by atoms with E-state index in [-0.39, 0.29) is 36.4 Å². The molecule has 152 valence electrons. The molecule has 0 aliphatic rings. The van der Waals surface area contributed by atoms with E-state index in [0.29, 0.717) is 18.2 Å². The predicted molar refractivity (Wildman–Crippen MR) is 121 cm³/mol. The first kappa shape index (κ1) is 23.7. The van der Waals surface area contributed by atoms with E-state index in [0.717, 1.165) is 17.7 Å². The summed E-state index contributed by atoms with van der Waals surface area (Å²) in [5.41, 5.74) is 2.68. The van der Waals surface area contributed by atoms with Crippen LogP contribution < -0.4 is 20.7 Å². The topological polar surface area (TPSA) is 74.8 Å². The maximum atomic E-state index is 13.1. The summed E-state index contributed by atoms with van der Waals surface area (Å²) in [6.07, 6.45) is 0.751. The molecule has 0 aliphatic carbocycles. The van der Waals surface area contributed by atoms with E-state index < -0.39 is 5.82 Å². The molecule has 0 atom stereocenters. The first-order valence-corrected chi connectivity index (χ1v) is 8.65. The summed E-state index contributed by atoms with van der Waals surface area (Å²) >= 11 is 0. The zero-order valence-corrected chi connectivity index (χ0v) is 18.5. The molecule has 0 unspecified atom stereocenters. The number of aliphatic imine (C=N–C) groups is 1. The standard InChI is InChI=1S/C20H25FN4O2.HI/c1-14-7-8-18(27-3)15(11-14)9-10-23-20(22-2)24-13-19(26)25-17-6-4-5-16(21)12-17;/h4-8,11-12H,9-10,13H2,1-3H3,(H,25,26)(H2,22,23,24);1H. The predicted octanol–water partition coefficient (Wildman–Crippen LogP) is 3.11. The van der Waals surface area contributed by atoms with Crippen LogP contribution in [0.2, 0.25) is 0 Å². The molecule has 0 aromatic heterocycles. The number of hydrogen-bond donors (Lipinski definition) is 3. The zero-order valence-electron chi connectivity index (χ0n) is 16.2. The highest BCUT2D eigenvalue weighted by molar-refractivity contribution is 14.0. The van der Waals surface area contributed by atoms with Crippen LogP contribution in [0.15, 0.2) is 47.5 Å². The number of rotatable bonds is 7. The van der Waals surface area contributed by atoms with Crippen LogP contribution in [0.25, 0.3) is 0 Å². The highest BCUT2D eigenvalue weighted by Crippen LogP contribution is 2.19. The molecule has 0 bridgehead atoms. The fourth-order valence-corrected chi connectivity index (χ4v) is 2.57. The Morgan fingerprint density at radius 3 is 2.64 bits per heavy atom. The molecule has 28 heavy (non-hydrogen) atoms. The maximum absolute atomic E-state index is 13.1. The lowest BCUT2D eigenvalue weighted by Crippen LogP contribution is -2.42. The monoisotopic (exact) mass is 500 g/mol. The summed E-state index contributed by atoms with van der Waals surface area (Å²) in [6, 6.07) is 11.8. The Morgan fingerprint density at radius 1 is 1.18 bits per heavy atom. The number of nitrogens with one attached hydrogen (secondary N) is 3. The third-order valence-corrected chi connectivity index (χ3v) is 3.87. The number of aryl methyl sites for hydroxylation is 1. The number of nitrogens with zero attached hydrogens (tertiary/aromatic N) is 1. The normalized spacial score (nSPS) is 10.6. The van der Waals surface area contributed by atoms with Gasteiger partial charge in [0.25, 0.3) is 0 Å². The molecule has 0 spiro atoms. The van der Waals surface area contributed by atoms with Gasteiger partial charge >= 0.3 is 0 Å². The maximum Gasteiger partial charge on any atom is 0.243 e. The van der Waals surface area contributed by atoms with Gasteiger partial charge in [0.05, 0.1) is 13.7 Å². The number of anilines is 1.